The van der Waals surface area contributed by atoms with Gasteiger partial charge in [-0.1, -0.05) is 19.3 Å². The number of unbranched alkanes of at least 4 members (excludes halogenated alkanes) is 4. The normalized spacial score (nSPS) is 18.1. The highest BCUT2D eigenvalue weighted by atomic mass is 16.8. The van der Waals surface area contributed by atoms with Crippen LogP contribution < -0.4 is 0 Å². The van der Waals surface area contributed by atoms with Gasteiger partial charge in [-0.25, -0.2) is 9.59 Å². The Morgan fingerprint density at radius 3 is 2.00 bits per heavy atom. The van der Waals surface area contributed by atoms with Gasteiger partial charge in [0.2, 0.25) is 0 Å². The number of hydrogen-bond donors (Lipinski definition) is 2. The van der Waals surface area contributed by atoms with Gasteiger partial charge in [0, 0.05) is 18.8 Å². The van der Waals surface area contributed by atoms with Gasteiger partial charge in [0.1, 0.15) is 0 Å². The van der Waals surface area contributed by atoms with Crippen LogP contribution in [0, 0.1) is 0 Å². The highest BCUT2D eigenvalue weighted by molar-refractivity contribution is 5.93. The molecule has 0 saturated carbocycles. The van der Waals surface area contributed by atoms with E-state index in [-0.39, 0.29) is 13.0 Å². The number of carbonyl (C=O) groups is 2. The van der Waals surface area contributed by atoms with Crippen LogP contribution in [0.15, 0.2) is 12.2 Å². The molecule has 0 atom stereocenters. The summed E-state index contributed by atoms with van der Waals surface area (Å²) in [5.74, 6) is -3.76. The molecule has 0 aromatic rings. The molecule has 0 saturated heterocycles. The third kappa shape index (κ3) is 5.29. The molecule has 6 heteroatoms. The van der Waals surface area contributed by atoms with Gasteiger partial charge >= 0.3 is 17.9 Å². The fourth-order valence-electron chi connectivity index (χ4n) is 1.63. The van der Waals surface area contributed by atoms with E-state index in [2.05, 4.69) is 9.47 Å². The predicted octanol–water partition coefficient (Wildman–Crippen LogP) is 0.622. The zero-order chi connectivity index (χ0) is 13.4. The molecule has 1 rings (SSSR count). The summed E-state index contributed by atoms with van der Waals surface area (Å²) < 4.78 is 9.29. The average Bonchev–Trinajstić information content (AvgIpc) is 2.43. The Balaban J connectivity index is 2.30. The first-order chi connectivity index (χ1) is 8.56. The van der Waals surface area contributed by atoms with Crippen LogP contribution in [0.4, 0.5) is 0 Å². The average molecular weight is 258 g/mol. The molecule has 0 unspecified atom stereocenters. The molecule has 1 aliphatic rings. The maximum Gasteiger partial charge on any atom is 0.373 e. The Hall–Kier alpha value is -1.40. The number of ether oxygens (including phenoxy) is 2. The molecule has 0 fully saturated rings. The Bertz CT molecular complexity index is 303. The van der Waals surface area contributed by atoms with Gasteiger partial charge in [-0.05, 0) is 12.8 Å². The predicted molar refractivity (Wildman–Crippen MR) is 61.1 cm³/mol. The van der Waals surface area contributed by atoms with Gasteiger partial charge < -0.3 is 19.7 Å². The summed E-state index contributed by atoms with van der Waals surface area (Å²) in [6.07, 6.45) is 5.78. The third-order valence-corrected chi connectivity index (χ3v) is 2.53. The molecule has 0 bridgehead atoms. The summed E-state index contributed by atoms with van der Waals surface area (Å²) in [7, 11) is 0. The minimum absolute atomic E-state index is 0.0469. The first kappa shape index (κ1) is 14.7. The number of cyclic esters (lactones) is 2. The lowest BCUT2D eigenvalue weighted by atomic mass is 10.1. The fraction of sp³-hybridized carbons (Fsp3) is 0.667. The molecule has 0 amide bonds. The molecule has 102 valence electrons. The number of hydrogen-bond acceptors (Lipinski definition) is 6. The van der Waals surface area contributed by atoms with E-state index in [1.807, 2.05) is 0 Å². The molecule has 1 heterocycles. The molecule has 0 aliphatic carbocycles. The van der Waals surface area contributed by atoms with Crippen LogP contribution in [0.3, 0.4) is 0 Å². The second kappa shape index (κ2) is 7.13. The van der Waals surface area contributed by atoms with Crippen molar-refractivity contribution < 1.29 is 29.3 Å². The van der Waals surface area contributed by atoms with Gasteiger partial charge in [0.25, 0.3) is 0 Å². The summed E-state index contributed by atoms with van der Waals surface area (Å²) >= 11 is 0. The van der Waals surface area contributed by atoms with Crippen LogP contribution in [-0.4, -0.2) is 34.7 Å². The zero-order valence-electron chi connectivity index (χ0n) is 10.1. The van der Waals surface area contributed by atoms with E-state index in [0.717, 1.165) is 37.8 Å². The highest BCUT2D eigenvalue weighted by Gasteiger charge is 2.36. The highest BCUT2D eigenvalue weighted by Crippen LogP contribution is 2.21. The van der Waals surface area contributed by atoms with Crippen molar-refractivity contribution in [2.75, 3.05) is 6.61 Å². The minimum Gasteiger partial charge on any atom is -0.396 e. The molecule has 1 aliphatic heterocycles. The summed E-state index contributed by atoms with van der Waals surface area (Å²) in [5, 5.41) is 18.4. The Morgan fingerprint density at radius 2 is 1.44 bits per heavy atom. The molecule has 2 N–H and O–H groups in total. The minimum atomic E-state index is -2.16. The van der Waals surface area contributed by atoms with Crippen LogP contribution in [0.5, 0.6) is 0 Å². The SMILES string of the molecule is O=C1C=CC(=O)OC(O)(CCCCCCCO)O1. The molecule has 0 aromatic heterocycles. The Morgan fingerprint density at radius 1 is 0.944 bits per heavy atom. The van der Waals surface area contributed by atoms with E-state index >= 15 is 0 Å². The van der Waals surface area contributed by atoms with E-state index < -0.39 is 17.9 Å². The molecule has 0 spiro atoms. The van der Waals surface area contributed by atoms with Crippen LogP contribution in [-0.2, 0) is 19.1 Å². The van der Waals surface area contributed by atoms with Crippen molar-refractivity contribution in [1.82, 2.24) is 0 Å². The first-order valence-electron chi connectivity index (χ1n) is 6.03. The van der Waals surface area contributed by atoms with Crippen molar-refractivity contribution in [3.8, 4) is 0 Å². The molecule has 6 nitrogen and oxygen atoms in total. The second-order valence-electron chi connectivity index (χ2n) is 4.13. The maximum absolute atomic E-state index is 11.1. The van der Waals surface area contributed by atoms with Crippen molar-refractivity contribution in [2.24, 2.45) is 0 Å². The first-order valence-corrected chi connectivity index (χ1v) is 6.03. The number of esters is 2. The van der Waals surface area contributed by atoms with Crippen LogP contribution in [0.2, 0.25) is 0 Å². The smallest absolute Gasteiger partial charge is 0.373 e. The van der Waals surface area contributed by atoms with Crippen molar-refractivity contribution in [3.63, 3.8) is 0 Å². The number of carbonyl (C=O) groups excluding carboxylic acids is 2. The van der Waals surface area contributed by atoms with Crippen molar-refractivity contribution in [2.45, 2.75) is 44.5 Å². The number of aliphatic hydroxyl groups excluding tert-OH is 1. The third-order valence-electron chi connectivity index (χ3n) is 2.53. The van der Waals surface area contributed by atoms with E-state index in [1.165, 1.54) is 0 Å². The molecule has 18 heavy (non-hydrogen) atoms. The van der Waals surface area contributed by atoms with E-state index in [1.54, 1.807) is 0 Å². The van der Waals surface area contributed by atoms with E-state index in [9.17, 15) is 14.7 Å². The second-order valence-corrected chi connectivity index (χ2v) is 4.13. The Labute approximate surface area is 105 Å². The number of rotatable bonds is 7. The van der Waals surface area contributed by atoms with Gasteiger partial charge in [-0.15, -0.1) is 0 Å². The molecule has 0 aromatic carbocycles. The monoisotopic (exact) mass is 258 g/mol. The summed E-state index contributed by atoms with van der Waals surface area (Å²) in [6.45, 7) is 0.171. The van der Waals surface area contributed by atoms with E-state index in [0.29, 0.717) is 6.42 Å². The van der Waals surface area contributed by atoms with Gasteiger partial charge in [0.15, 0.2) is 0 Å². The van der Waals surface area contributed by atoms with E-state index in [4.69, 9.17) is 5.11 Å². The largest absolute Gasteiger partial charge is 0.396 e. The fourth-order valence-corrected chi connectivity index (χ4v) is 1.63. The standard InChI is InChI=1S/C12H18O6/c13-9-5-3-1-2-4-8-12(16)17-10(14)6-7-11(15)18-12/h6-7,13,16H,1-5,8-9H2. The van der Waals surface area contributed by atoms with Crippen molar-refractivity contribution >= 4 is 11.9 Å². The van der Waals surface area contributed by atoms with Gasteiger partial charge in [0.05, 0.1) is 6.42 Å². The van der Waals surface area contributed by atoms with Crippen LogP contribution in [0.25, 0.3) is 0 Å². The maximum atomic E-state index is 11.1. The topological polar surface area (TPSA) is 93.1 Å². The van der Waals surface area contributed by atoms with Crippen LogP contribution >= 0.6 is 0 Å². The zero-order valence-corrected chi connectivity index (χ0v) is 10.1. The number of aliphatic hydroxyl groups is 2. The van der Waals surface area contributed by atoms with Crippen LogP contribution in [0.1, 0.15) is 38.5 Å². The van der Waals surface area contributed by atoms with Gasteiger partial charge in [-0.2, -0.15) is 0 Å². The van der Waals surface area contributed by atoms with Gasteiger partial charge in [-0.3, -0.25) is 0 Å². The van der Waals surface area contributed by atoms with Crippen molar-refractivity contribution in [1.29, 1.82) is 0 Å². The lowest BCUT2D eigenvalue weighted by molar-refractivity contribution is -0.322. The summed E-state index contributed by atoms with van der Waals surface area (Å²) in [4.78, 5) is 22.2. The quantitative estimate of drug-likeness (QED) is 0.513. The van der Waals surface area contributed by atoms with Crippen molar-refractivity contribution in [3.05, 3.63) is 12.2 Å². The summed E-state index contributed by atoms with van der Waals surface area (Å²) in [6, 6.07) is 0. The lowest BCUT2D eigenvalue weighted by Gasteiger charge is -2.24. The Kier molecular flexibility index (Phi) is 5.80. The molecule has 0 radical (unpaired) electrons. The molecular weight excluding hydrogens is 240 g/mol. The summed E-state index contributed by atoms with van der Waals surface area (Å²) in [5.41, 5.74) is 0. The molecular formula is C12H18O6. The lowest BCUT2D eigenvalue weighted by Crippen LogP contribution is -2.37.